The molecule has 0 spiro atoms. The van der Waals surface area contributed by atoms with Gasteiger partial charge in [-0.1, -0.05) is 48.5 Å². The molecule has 1 unspecified atom stereocenters. The van der Waals surface area contributed by atoms with E-state index in [9.17, 15) is 4.39 Å². The van der Waals surface area contributed by atoms with Gasteiger partial charge in [0.05, 0.1) is 0 Å². The Morgan fingerprint density at radius 1 is 0.909 bits per heavy atom. The summed E-state index contributed by atoms with van der Waals surface area (Å²) < 4.78 is 20.4. The highest BCUT2D eigenvalue weighted by molar-refractivity contribution is 5.87. The molecule has 1 atom stereocenters. The Bertz CT molecular complexity index is 1120. The fourth-order valence-corrected chi connectivity index (χ4v) is 7.58. The Labute approximate surface area is 196 Å². The van der Waals surface area contributed by atoms with Crippen molar-refractivity contribution in [2.75, 3.05) is 0 Å². The third-order valence-corrected chi connectivity index (χ3v) is 8.93. The lowest BCUT2D eigenvalue weighted by Crippen LogP contribution is -2.54. The molecule has 172 valence electrons. The van der Waals surface area contributed by atoms with Gasteiger partial charge in [0.25, 0.3) is 0 Å². The van der Waals surface area contributed by atoms with Crippen molar-refractivity contribution in [1.29, 1.82) is 0 Å². The summed E-state index contributed by atoms with van der Waals surface area (Å²) in [5.74, 6) is 3.50. The van der Waals surface area contributed by atoms with Crippen molar-refractivity contribution < 1.29 is 9.13 Å². The summed E-state index contributed by atoms with van der Waals surface area (Å²) in [4.78, 5) is 0. The van der Waals surface area contributed by atoms with Crippen molar-refractivity contribution in [3.8, 4) is 5.75 Å². The zero-order valence-corrected chi connectivity index (χ0v) is 19.5. The highest BCUT2D eigenvalue weighted by Crippen LogP contribution is 2.61. The van der Waals surface area contributed by atoms with Gasteiger partial charge in [-0.3, -0.25) is 0 Å². The van der Waals surface area contributed by atoms with E-state index in [-0.39, 0.29) is 12.4 Å². The summed E-state index contributed by atoms with van der Waals surface area (Å²) in [6.07, 6.45) is 8.63. The van der Waals surface area contributed by atoms with Crippen LogP contribution in [-0.4, -0.2) is 6.04 Å². The molecule has 2 nitrogen and oxygen atoms in total. The molecule has 4 saturated carbocycles. The minimum atomic E-state index is -0.214. The highest BCUT2D eigenvalue weighted by Gasteiger charge is 2.52. The van der Waals surface area contributed by atoms with Crippen LogP contribution in [0.1, 0.15) is 56.6 Å². The van der Waals surface area contributed by atoms with Crippen LogP contribution in [0.3, 0.4) is 0 Å². The van der Waals surface area contributed by atoms with E-state index in [1.54, 1.807) is 12.1 Å². The number of hydrogen-bond donors (Lipinski definition) is 1. The molecule has 4 fully saturated rings. The second-order valence-corrected chi connectivity index (χ2v) is 11.0. The van der Waals surface area contributed by atoms with E-state index in [0.29, 0.717) is 17.0 Å². The molecule has 0 heterocycles. The molecule has 0 aliphatic heterocycles. The highest BCUT2D eigenvalue weighted by atomic mass is 19.1. The van der Waals surface area contributed by atoms with E-state index in [1.165, 1.54) is 60.9 Å². The van der Waals surface area contributed by atoms with E-state index in [2.05, 4.69) is 48.6 Å². The molecule has 3 heteroatoms. The lowest BCUT2D eigenvalue weighted by atomic mass is 9.48. The first-order valence-corrected chi connectivity index (χ1v) is 12.7. The molecule has 1 N–H and O–H groups in total. The first kappa shape index (κ1) is 21.2. The molecule has 0 amide bonds. The maximum atomic E-state index is 14.2. The van der Waals surface area contributed by atoms with Crippen LogP contribution in [-0.2, 0) is 13.2 Å². The van der Waals surface area contributed by atoms with Gasteiger partial charge < -0.3 is 10.1 Å². The van der Waals surface area contributed by atoms with Crippen molar-refractivity contribution in [2.24, 2.45) is 23.2 Å². The summed E-state index contributed by atoms with van der Waals surface area (Å²) in [6, 6.07) is 20.0. The normalized spacial score (nSPS) is 28.8. The zero-order valence-electron chi connectivity index (χ0n) is 19.5. The fraction of sp³-hybridized carbons (Fsp3) is 0.467. The maximum Gasteiger partial charge on any atom is 0.129 e. The van der Waals surface area contributed by atoms with Crippen LogP contribution in [0.5, 0.6) is 5.75 Å². The van der Waals surface area contributed by atoms with Crippen LogP contribution in [0.4, 0.5) is 4.39 Å². The van der Waals surface area contributed by atoms with Gasteiger partial charge in [0.15, 0.2) is 0 Å². The Morgan fingerprint density at radius 3 is 2.30 bits per heavy atom. The van der Waals surface area contributed by atoms with Gasteiger partial charge in [-0.05, 0) is 91.5 Å². The molecular weight excluding hydrogens is 409 g/mol. The first-order valence-electron chi connectivity index (χ1n) is 12.7. The van der Waals surface area contributed by atoms with Gasteiger partial charge >= 0.3 is 0 Å². The summed E-state index contributed by atoms with van der Waals surface area (Å²) in [7, 11) is 0. The third-order valence-electron chi connectivity index (χ3n) is 8.93. The second-order valence-electron chi connectivity index (χ2n) is 11.0. The average Bonchev–Trinajstić information content (AvgIpc) is 2.81. The van der Waals surface area contributed by atoms with E-state index < -0.39 is 0 Å². The Hall–Kier alpha value is -2.39. The summed E-state index contributed by atoms with van der Waals surface area (Å²) in [6.45, 7) is 3.43. The van der Waals surface area contributed by atoms with Crippen molar-refractivity contribution in [3.05, 3.63) is 77.6 Å². The first-order chi connectivity index (χ1) is 16.1. The molecule has 4 aliphatic carbocycles. The van der Waals surface area contributed by atoms with E-state index in [1.807, 2.05) is 6.07 Å². The van der Waals surface area contributed by atoms with Gasteiger partial charge in [0.2, 0.25) is 0 Å². The predicted octanol–water partition coefficient (Wildman–Crippen LogP) is 7.25. The molecule has 0 radical (unpaired) electrons. The molecule has 3 aromatic rings. The molecular formula is C30H34FNO. The number of halogens is 1. The van der Waals surface area contributed by atoms with Gasteiger partial charge in [-0.25, -0.2) is 4.39 Å². The number of nitrogens with one attached hydrogen (secondary N) is 1. The van der Waals surface area contributed by atoms with E-state index >= 15 is 0 Å². The maximum absolute atomic E-state index is 14.2. The quantitative estimate of drug-likeness (QED) is 0.415. The average molecular weight is 444 g/mol. The molecule has 7 rings (SSSR count). The third kappa shape index (κ3) is 3.95. The van der Waals surface area contributed by atoms with Crippen LogP contribution < -0.4 is 10.1 Å². The van der Waals surface area contributed by atoms with Crippen LogP contribution in [0.15, 0.2) is 60.7 Å². The van der Waals surface area contributed by atoms with Crippen LogP contribution >= 0.6 is 0 Å². The molecule has 4 aliphatic rings. The lowest BCUT2D eigenvalue weighted by Gasteiger charge is -2.59. The summed E-state index contributed by atoms with van der Waals surface area (Å²) in [5, 5.41) is 6.38. The number of hydrogen-bond acceptors (Lipinski definition) is 2. The molecule has 0 aromatic heterocycles. The number of fused-ring (bicyclic) bond motifs is 1. The lowest BCUT2D eigenvalue weighted by molar-refractivity contribution is -0.0706. The van der Waals surface area contributed by atoms with Crippen LogP contribution in [0.25, 0.3) is 10.8 Å². The molecule has 4 bridgehead atoms. The van der Waals surface area contributed by atoms with Crippen molar-refractivity contribution in [2.45, 2.75) is 64.6 Å². The van der Waals surface area contributed by atoms with Crippen molar-refractivity contribution >= 4 is 10.8 Å². The smallest absolute Gasteiger partial charge is 0.129 e. The standard InChI is InChI=1S/C30H34FNO/c1-20(30-15-21-12-22(16-30)14-23(13-21)17-30)32-18-27-26-8-4-2-6-24(26)10-11-29(27)33-19-25-7-3-5-9-28(25)31/h2-11,20-23,32H,12-19H2,1H3. The van der Waals surface area contributed by atoms with Gasteiger partial charge in [0, 0.05) is 23.7 Å². The topological polar surface area (TPSA) is 21.3 Å². The zero-order chi connectivity index (χ0) is 22.4. The number of rotatable bonds is 7. The minimum Gasteiger partial charge on any atom is -0.488 e. The summed E-state index contributed by atoms with van der Waals surface area (Å²) >= 11 is 0. The predicted molar refractivity (Wildman–Crippen MR) is 132 cm³/mol. The van der Waals surface area contributed by atoms with Crippen molar-refractivity contribution in [1.82, 2.24) is 5.32 Å². The van der Waals surface area contributed by atoms with Gasteiger partial charge in [-0.15, -0.1) is 0 Å². The minimum absolute atomic E-state index is 0.214. The number of benzene rings is 3. The number of ether oxygens (including phenoxy) is 1. The van der Waals surface area contributed by atoms with Crippen molar-refractivity contribution in [3.63, 3.8) is 0 Å². The fourth-order valence-electron chi connectivity index (χ4n) is 7.58. The van der Waals surface area contributed by atoms with E-state index in [0.717, 1.165) is 30.0 Å². The molecule has 0 saturated heterocycles. The molecule has 33 heavy (non-hydrogen) atoms. The Kier molecular flexibility index (Phi) is 5.41. The Morgan fingerprint density at radius 2 is 1.58 bits per heavy atom. The van der Waals surface area contributed by atoms with Gasteiger partial charge in [0.1, 0.15) is 18.2 Å². The largest absolute Gasteiger partial charge is 0.488 e. The monoisotopic (exact) mass is 443 g/mol. The molecule has 3 aromatic carbocycles. The van der Waals surface area contributed by atoms with Crippen LogP contribution in [0, 0.1) is 29.0 Å². The van der Waals surface area contributed by atoms with Gasteiger partial charge in [-0.2, -0.15) is 0 Å². The SMILES string of the molecule is CC(NCc1c(OCc2ccccc2F)ccc2ccccc12)C12CC3CC(CC(C3)C1)C2. The van der Waals surface area contributed by atoms with E-state index in [4.69, 9.17) is 4.74 Å². The summed E-state index contributed by atoms with van der Waals surface area (Å²) in [5.41, 5.74) is 2.24. The van der Waals surface area contributed by atoms with Crippen LogP contribution in [0.2, 0.25) is 0 Å². The second kappa shape index (κ2) is 8.43. The Balaban J connectivity index is 1.24.